The highest BCUT2D eigenvalue weighted by atomic mass is 79.9. The minimum absolute atomic E-state index is 0.124. The molecule has 0 unspecified atom stereocenters. The van der Waals surface area contributed by atoms with Crippen LogP contribution in [0.3, 0.4) is 0 Å². The van der Waals surface area contributed by atoms with Crippen molar-refractivity contribution in [3.63, 3.8) is 0 Å². The topological polar surface area (TPSA) is 85.8 Å². The fourth-order valence-electron chi connectivity index (χ4n) is 1.67. The second kappa shape index (κ2) is 5.40. The van der Waals surface area contributed by atoms with Crippen molar-refractivity contribution in [1.82, 2.24) is 14.8 Å². The highest BCUT2D eigenvalue weighted by molar-refractivity contribution is 9.10. The molecule has 6 nitrogen and oxygen atoms in total. The van der Waals surface area contributed by atoms with E-state index in [2.05, 4.69) is 31.3 Å². The van der Waals surface area contributed by atoms with E-state index in [-0.39, 0.29) is 12.5 Å². The van der Waals surface area contributed by atoms with Crippen LogP contribution in [-0.2, 0) is 11.3 Å². The Hall–Kier alpha value is -1.89. The van der Waals surface area contributed by atoms with Gasteiger partial charge in [-0.2, -0.15) is 5.10 Å². The highest BCUT2D eigenvalue weighted by Gasteiger charge is 2.12. The summed E-state index contributed by atoms with van der Waals surface area (Å²) in [7, 11) is 0. The number of rotatable bonds is 3. The van der Waals surface area contributed by atoms with Gasteiger partial charge in [0.05, 0.1) is 27.2 Å². The van der Waals surface area contributed by atoms with Crippen LogP contribution in [0.2, 0.25) is 0 Å². The van der Waals surface area contributed by atoms with E-state index in [0.29, 0.717) is 11.4 Å². The Morgan fingerprint density at radius 3 is 2.84 bits per heavy atom. The molecule has 3 N–H and O–H groups in total. The first kappa shape index (κ1) is 13.5. The summed E-state index contributed by atoms with van der Waals surface area (Å²) in [5, 5.41) is 7.01. The van der Waals surface area contributed by atoms with Crippen LogP contribution in [0.1, 0.15) is 11.4 Å². The number of halogens is 1. The van der Waals surface area contributed by atoms with Gasteiger partial charge in [0, 0.05) is 12.4 Å². The van der Waals surface area contributed by atoms with Crippen LogP contribution < -0.4 is 11.1 Å². The summed E-state index contributed by atoms with van der Waals surface area (Å²) in [6, 6.07) is 1.72. The SMILES string of the molecule is Cc1nn(CC(=O)Nc2ccncc2Br)c(C)c1N. The normalized spacial score (nSPS) is 10.5. The number of carbonyl (C=O) groups excluding carboxylic acids is 1. The monoisotopic (exact) mass is 323 g/mol. The van der Waals surface area contributed by atoms with Crippen LogP contribution >= 0.6 is 15.9 Å². The molecule has 0 radical (unpaired) electrons. The second-order valence-electron chi connectivity index (χ2n) is 4.15. The number of carbonyl (C=O) groups is 1. The van der Waals surface area contributed by atoms with Gasteiger partial charge >= 0.3 is 0 Å². The number of aromatic nitrogens is 3. The maximum Gasteiger partial charge on any atom is 0.246 e. The van der Waals surface area contributed by atoms with Crippen molar-refractivity contribution in [3.8, 4) is 0 Å². The predicted octanol–water partition coefficient (Wildman–Crippen LogP) is 1.88. The summed E-state index contributed by atoms with van der Waals surface area (Å²) < 4.78 is 2.32. The maximum absolute atomic E-state index is 12.0. The van der Waals surface area contributed by atoms with Crippen molar-refractivity contribution < 1.29 is 4.79 Å². The van der Waals surface area contributed by atoms with Gasteiger partial charge in [-0.1, -0.05) is 0 Å². The minimum Gasteiger partial charge on any atom is -0.396 e. The molecule has 0 saturated carbocycles. The van der Waals surface area contributed by atoms with Crippen LogP contribution in [0.25, 0.3) is 0 Å². The van der Waals surface area contributed by atoms with Crippen molar-refractivity contribution in [2.24, 2.45) is 0 Å². The smallest absolute Gasteiger partial charge is 0.246 e. The van der Waals surface area contributed by atoms with Gasteiger partial charge in [0.1, 0.15) is 6.54 Å². The molecule has 0 saturated heterocycles. The summed E-state index contributed by atoms with van der Waals surface area (Å²) in [6.07, 6.45) is 3.23. The van der Waals surface area contributed by atoms with Gasteiger partial charge in [0.15, 0.2) is 0 Å². The first-order valence-electron chi connectivity index (χ1n) is 5.68. The highest BCUT2D eigenvalue weighted by Crippen LogP contribution is 2.20. The molecule has 19 heavy (non-hydrogen) atoms. The molecule has 7 heteroatoms. The molecule has 0 aliphatic carbocycles. The minimum atomic E-state index is -0.169. The van der Waals surface area contributed by atoms with E-state index in [1.54, 1.807) is 23.1 Å². The molecule has 0 aliphatic rings. The van der Waals surface area contributed by atoms with Crippen molar-refractivity contribution in [2.45, 2.75) is 20.4 Å². The number of pyridine rings is 1. The Kier molecular flexibility index (Phi) is 3.84. The van der Waals surface area contributed by atoms with Crippen LogP contribution in [-0.4, -0.2) is 20.7 Å². The molecule has 0 aromatic carbocycles. The van der Waals surface area contributed by atoms with E-state index in [1.807, 2.05) is 13.8 Å². The van der Waals surface area contributed by atoms with Gasteiger partial charge in [-0.05, 0) is 35.8 Å². The molecule has 0 spiro atoms. The first-order chi connectivity index (χ1) is 8.99. The zero-order valence-electron chi connectivity index (χ0n) is 10.6. The third kappa shape index (κ3) is 2.93. The second-order valence-corrected chi connectivity index (χ2v) is 5.00. The van der Waals surface area contributed by atoms with E-state index >= 15 is 0 Å². The van der Waals surface area contributed by atoms with Gasteiger partial charge in [-0.3, -0.25) is 14.5 Å². The molecule has 100 valence electrons. The number of nitrogen functional groups attached to an aromatic ring is 1. The molecule has 2 aromatic heterocycles. The molecule has 0 fully saturated rings. The molecule has 2 aromatic rings. The standard InChI is InChI=1S/C12H14BrN5O/c1-7-12(14)8(2)18(17-7)6-11(19)16-10-3-4-15-5-9(10)13/h3-5H,6,14H2,1-2H3,(H,15,16,19). The van der Waals surface area contributed by atoms with Gasteiger partial charge in [0.25, 0.3) is 0 Å². The Balaban J connectivity index is 2.10. The van der Waals surface area contributed by atoms with Crippen LogP contribution in [0.15, 0.2) is 22.9 Å². The van der Waals surface area contributed by atoms with Gasteiger partial charge < -0.3 is 11.1 Å². The number of hydrogen-bond acceptors (Lipinski definition) is 4. The summed E-state index contributed by atoms with van der Waals surface area (Å²) in [5.41, 5.74) is 8.65. The Bertz CT molecular complexity index is 623. The van der Waals surface area contributed by atoms with Crippen molar-refractivity contribution in [1.29, 1.82) is 0 Å². The molecule has 2 heterocycles. The summed E-state index contributed by atoms with van der Waals surface area (Å²) in [5.74, 6) is -0.169. The zero-order valence-corrected chi connectivity index (χ0v) is 12.2. The first-order valence-corrected chi connectivity index (χ1v) is 6.47. The lowest BCUT2D eigenvalue weighted by atomic mass is 10.3. The van der Waals surface area contributed by atoms with Crippen LogP contribution in [0, 0.1) is 13.8 Å². The molecule has 0 atom stereocenters. The van der Waals surface area contributed by atoms with E-state index in [4.69, 9.17) is 5.73 Å². The number of amides is 1. The molecular formula is C12H14BrN5O. The maximum atomic E-state index is 12.0. The Morgan fingerprint density at radius 2 is 2.26 bits per heavy atom. The van der Waals surface area contributed by atoms with Crippen LogP contribution in [0.5, 0.6) is 0 Å². The third-order valence-electron chi connectivity index (χ3n) is 2.78. The zero-order chi connectivity index (χ0) is 14.0. The molecule has 2 rings (SSSR count). The molecule has 0 bridgehead atoms. The number of nitrogens with two attached hydrogens (primary N) is 1. The average Bonchev–Trinajstić information content (AvgIpc) is 2.60. The summed E-state index contributed by atoms with van der Waals surface area (Å²) in [6.45, 7) is 3.78. The van der Waals surface area contributed by atoms with Crippen LogP contribution in [0.4, 0.5) is 11.4 Å². The lowest BCUT2D eigenvalue weighted by molar-refractivity contribution is -0.116. The molecular weight excluding hydrogens is 310 g/mol. The number of nitrogens with one attached hydrogen (secondary N) is 1. The van der Waals surface area contributed by atoms with E-state index in [0.717, 1.165) is 15.9 Å². The van der Waals surface area contributed by atoms with Crippen molar-refractivity contribution >= 4 is 33.2 Å². The average molecular weight is 324 g/mol. The van der Waals surface area contributed by atoms with Gasteiger partial charge in [-0.15, -0.1) is 0 Å². The fraction of sp³-hybridized carbons (Fsp3) is 0.250. The number of nitrogens with zero attached hydrogens (tertiary/aromatic N) is 3. The number of aryl methyl sites for hydroxylation is 1. The summed E-state index contributed by atoms with van der Waals surface area (Å²) >= 11 is 3.32. The Labute approximate surface area is 119 Å². The summed E-state index contributed by atoms with van der Waals surface area (Å²) in [4.78, 5) is 15.9. The van der Waals surface area contributed by atoms with Crippen molar-refractivity contribution in [2.75, 3.05) is 11.1 Å². The van der Waals surface area contributed by atoms with E-state index < -0.39 is 0 Å². The number of anilines is 2. The third-order valence-corrected chi connectivity index (χ3v) is 3.41. The largest absolute Gasteiger partial charge is 0.396 e. The van der Waals surface area contributed by atoms with Gasteiger partial charge in [-0.25, -0.2) is 0 Å². The Morgan fingerprint density at radius 1 is 1.53 bits per heavy atom. The number of hydrogen-bond donors (Lipinski definition) is 2. The quantitative estimate of drug-likeness (QED) is 0.903. The van der Waals surface area contributed by atoms with Crippen molar-refractivity contribution in [3.05, 3.63) is 34.3 Å². The predicted molar refractivity (Wildman–Crippen MR) is 76.7 cm³/mol. The fourth-order valence-corrected chi connectivity index (χ4v) is 2.02. The van der Waals surface area contributed by atoms with E-state index in [9.17, 15) is 4.79 Å². The lowest BCUT2D eigenvalue weighted by Gasteiger charge is -2.08. The molecule has 1 amide bonds. The molecule has 0 aliphatic heterocycles. The lowest BCUT2D eigenvalue weighted by Crippen LogP contribution is -2.20. The van der Waals surface area contributed by atoms with E-state index in [1.165, 1.54) is 0 Å². The van der Waals surface area contributed by atoms with Gasteiger partial charge in [0.2, 0.25) is 5.91 Å².